The minimum atomic E-state index is -0.340. The van der Waals surface area contributed by atoms with E-state index in [9.17, 15) is 9.59 Å². The summed E-state index contributed by atoms with van der Waals surface area (Å²) in [6, 6.07) is 7.26. The van der Waals surface area contributed by atoms with Crippen LogP contribution < -0.4 is 10.2 Å². The Morgan fingerprint density at radius 3 is 2.47 bits per heavy atom. The first kappa shape index (κ1) is 10.4. The molecule has 0 saturated carbocycles. The molecule has 2 rings (SSSR count). The van der Waals surface area contributed by atoms with Crippen molar-refractivity contribution in [1.82, 2.24) is 5.32 Å². The smallest absolute Gasteiger partial charge is 0.294 e. The van der Waals surface area contributed by atoms with Crippen LogP contribution >= 0.6 is 22.6 Å². The molecule has 1 N–H and O–H groups in total. The number of carbonyl (C=O) groups is 2. The fraction of sp³-hybridized carbons (Fsp3) is 0.200. The first-order chi connectivity index (χ1) is 7.16. The van der Waals surface area contributed by atoms with E-state index in [1.165, 1.54) is 0 Å². The summed E-state index contributed by atoms with van der Waals surface area (Å²) in [4.78, 5) is 24.0. The van der Waals surface area contributed by atoms with E-state index < -0.39 is 0 Å². The summed E-state index contributed by atoms with van der Waals surface area (Å²) >= 11 is 2.20. The van der Waals surface area contributed by atoms with Crippen molar-refractivity contribution in [3.63, 3.8) is 0 Å². The molecule has 1 aromatic rings. The highest BCUT2D eigenvalue weighted by atomic mass is 127. The van der Waals surface area contributed by atoms with Gasteiger partial charge in [-0.05, 0) is 46.9 Å². The zero-order valence-electron chi connectivity index (χ0n) is 7.87. The number of carbonyl (C=O) groups excluding carboxylic acids is 2. The SMILES string of the molecule is O=C1CCN(c2ccc(I)cc2)C(=O)N1. The van der Waals surface area contributed by atoms with E-state index in [2.05, 4.69) is 27.9 Å². The molecule has 0 unspecified atom stereocenters. The van der Waals surface area contributed by atoms with Crippen LogP contribution in [0.4, 0.5) is 10.5 Å². The molecule has 0 radical (unpaired) electrons. The predicted octanol–water partition coefficient (Wildman–Crippen LogP) is 1.74. The van der Waals surface area contributed by atoms with Gasteiger partial charge in [0, 0.05) is 22.2 Å². The summed E-state index contributed by atoms with van der Waals surface area (Å²) in [5.74, 6) is -0.207. The van der Waals surface area contributed by atoms with Gasteiger partial charge in [-0.15, -0.1) is 0 Å². The van der Waals surface area contributed by atoms with Gasteiger partial charge in [-0.3, -0.25) is 15.0 Å². The lowest BCUT2D eigenvalue weighted by molar-refractivity contribution is -0.120. The second-order valence-corrected chi connectivity index (χ2v) is 4.48. The summed E-state index contributed by atoms with van der Waals surface area (Å²) in [6.45, 7) is 0.450. The molecule has 5 heteroatoms. The monoisotopic (exact) mass is 316 g/mol. The van der Waals surface area contributed by atoms with E-state index >= 15 is 0 Å². The molecule has 1 aromatic carbocycles. The molecule has 15 heavy (non-hydrogen) atoms. The van der Waals surface area contributed by atoms with Crippen LogP contribution in [-0.2, 0) is 4.79 Å². The van der Waals surface area contributed by atoms with Gasteiger partial charge in [0.25, 0.3) is 0 Å². The Labute approximate surface area is 101 Å². The summed E-state index contributed by atoms with van der Waals surface area (Å²) in [5, 5.41) is 2.29. The topological polar surface area (TPSA) is 49.4 Å². The minimum absolute atomic E-state index is 0.207. The lowest BCUT2D eigenvalue weighted by Gasteiger charge is -2.26. The quantitative estimate of drug-likeness (QED) is 0.802. The zero-order valence-corrected chi connectivity index (χ0v) is 10.0. The third kappa shape index (κ3) is 2.28. The maximum Gasteiger partial charge on any atom is 0.328 e. The van der Waals surface area contributed by atoms with Crippen LogP contribution in [0.5, 0.6) is 0 Å². The Balaban J connectivity index is 2.20. The average Bonchev–Trinajstić information content (AvgIpc) is 2.20. The van der Waals surface area contributed by atoms with Crippen molar-refractivity contribution in [3.8, 4) is 0 Å². The van der Waals surface area contributed by atoms with E-state index in [4.69, 9.17) is 0 Å². The predicted molar refractivity (Wildman–Crippen MR) is 64.7 cm³/mol. The number of urea groups is 1. The molecule has 1 saturated heterocycles. The maximum atomic E-state index is 11.5. The van der Waals surface area contributed by atoms with Crippen molar-refractivity contribution in [1.29, 1.82) is 0 Å². The molecule has 0 bridgehead atoms. The standard InChI is InChI=1S/C10H9IN2O2/c11-7-1-3-8(4-2-7)13-6-5-9(14)12-10(13)15/h1-4H,5-6H2,(H,12,14,15). The van der Waals surface area contributed by atoms with Gasteiger partial charge in [-0.1, -0.05) is 0 Å². The largest absolute Gasteiger partial charge is 0.328 e. The number of amides is 3. The van der Waals surface area contributed by atoms with Crippen LogP contribution in [0.2, 0.25) is 0 Å². The van der Waals surface area contributed by atoms with E-state index in [0.717, 1.165) is 9.26 Å². The van der Waals surface area contributed by atoms with Gasteiger partial charge in [-0.2, -0.15) is 0 Å². The van der Waals surface area contributed by atoms with Crippen molar-refractivity contribution in [2.75, 3.05) is 11.4 Å². The molecule has 1 heterocycles. The molecular weight excluding hydrogens is 307 g/mol. The highest BCUT2D eigenvalue weighted by Gasteiger charge is 2.23. The second-order valence-electron chi connectivity index (χ2n) is 3.23. The van der Waals surface area contributed by atoms with Gasteiger partial charge in [0.15, 0.2) is 0 Å². The molecule has 78 valence electrons. The molecule has 1 aliphatic rings. The molecule has 0 aromatic heterocycles. The highest BCUT2D eigenvalue weighted by molar-refractivity contribution is 14.1. The second kappa shape index (κ2) is 4.18. The van der Waals surface area contributed by atoms with Gasteiger partial charge in [-0.25, -0.2) is 4.79 Å². The normalized spacial score (nSPS) is 16.5. The van der Waals surface area contributed by atoms with E-state index in [-0.39, 0.29) is 11.9 Å². The van der Waals surface area contributed by atoms with Crippen LogP contribution in [0.1, 0.15) is 6.42 Å². The highest BCUT2D eigenvalue weighted by Crippen LogP contribution is 2.18. The number of nitrogens with zero attached hydrogens (tertiary/aromatic N) is 1. The molecular formula is C10H9IN2O2. The molecule has 1 aliphatic heterocycles. The third-order valence-electron chi connectivity index (χ3n) is 2.19. The van der Waals surface area contributed by atoms with Crippen molar-refractivity contribution >= 4 is 40.2 Å². The van der Waals surface area contributed by atoms with Crippen LogP contribution in [0.15, 0.2) is 24.3 Å². The van der Waals surface area contributed by atoms with Crippen LogP contribution in [0.25, 0.3) is 0 Å². The number of imide groups is 1. The van der Waals surface area contributed by atoms with Crippen molar-refractivity contribution in [2.45, 2.75) is 6.42 Å². The summed E-state index contributed by atoms with van der Waals surface area (Å²) in [6.07, 6.45) is 0.359. The number of rotatable bonds is 1. The average molecular weight is 316 g/mol. The minimum Gasteiger partial charge on any atom is -0.294 e. The first-order valence-corrected chi connectivity index (χ1v) is 5.61. The molecule has 0 atom stereocenters. The number of anilines is 1. The van der Waals surface area contributed by atoms with Crippen LogP contribution in [-0.4, -0.2) is 18.5 Å². The fourth-order valence-electron chi connectivity index (χ4n) is 1.43. The van der Waals surface area contributed by atoms with E-state index in [1.807, 2.05) is 24.3 Å². The van der Waals surface area contributed by atoms with Crippen molar-refractivity contribution in [2.24, 2.45) is 0 Å². The molecule has 4 nitrogen and oxygen atoms in total. The molecule has 1 fully saturated rings. The number of nitrogens with one attached hydrogen (secondary N) is 1. The Kier molecular flexibility index (Phi) is 2.90. The lowest BCUT2D eigenvalue weighted by atomic mass is 10.2. The van der Waals surface area contributed by atoms with Gasteiger partial charge >= 0.3 is 6.03 Å². The molecule has 0 aliphatic carbocycles. The fourth-order valence-corrected chi connectivity index (χ4v) is 1.79. The van der Waals surface area contributed by atoms with E-state index in [0.29, 0.717) is 13.0 Å². The van der Waals surface area contributed by atoms with Gasteiger partial charge < -0.3 is 0 Å². The van der Waals surface area contributed by atoms with Crippen LogP contribution in [0.3, 0.4) is 0 Å². The molecule has 3 amide bonds. The van der Waals surface area contributed by atoms with E-state index in [1.54, 1.807) is 4.90 Å². The van der Waals surface area contributed by atoms with Crippen molar-refractivity contribution in [3.05, 3.63) is 27.8 Å². The number of halogens is 1. The third-order valence-corrected chi connectivity index (χ3v) is 2.91. The Bertz CT molecular complexity index is 402. The maximum absolute atomic E-state index is 11.5. The van der Waals surface area contributed by atoms with Gasteiger partial charge in [0.2, 0.25) is 5.91 Å². The number of hydrogen-bond acceptors (Lipinski definition) is 2. The zero-order chi connectivity index (χ0) is 10.8. The van der Waals surface area contributed by atoms with Crippen molar-refractivity contribution < 1.29 is 9.59 Å². The summed E-state index contributed by atoms with van der Waals surface area (Å²) in [5.41, 5.74) is 0.820. The Hall–Kier alpha value is -1.11. The number of hydrogen-bond donors (Lipinski definition) is 1. The van der Waals surface area contributed by atoms with Gasteiger partial charge in [0.1, 0.15) is 0 Å². The Morgan fingerprint density at radius 1 is 1.20 bits per heavy atom. The summed E-state index contributed by atoms with van der Waals surface area (Å²) < 4.78 is 1.12. The number of benzene rings is 1. The lowest BCUT2D eigenvalue weighted by Crippen LogP contribution is -2.49. The summed E-state index contributed by atoms with van der Waals surface area (Å²) in [7, 11) is 0. The van der Waals surface area contributed by atoms with Gasteiger partial charge in [0.05, 0.1) is 0 Å². The Morgan fingerprint density at radius 2 is 1.87 bits per heavy atom. The molecule has 0 spiro atoms. The first-order valence-electron chi connectivity index (χ1n) is 4.54. The van der Waals surface area contributed by atoms with Crippen LogP contribution in [0, 0.1) is 3.57 Å².